The molecule has 120 valence electrons. The van der Waals surface area contributed by atoms with Gasteiger partial charge in [0.2, 0.25) is 0 Å². The second-order valence-corrected chi connectivity index (χ2v) is 5.46. The summed E-state index contributed by atoms with van der Waals surface area (Å²) in [7, 11) is 1.94. The van der Waals surface area contributed by atoms with Gasteiger partial charge < -0.3 is 9.64 Å². The molecule has 0 aromatic heterocycles. The molecule has 0 saturated heterocycles. The summed E-state index contributed by atoms with van der Waals surface area (Å²) in [6, 6.07) is 13.5. The van der Waals surface area contributed by atoms with Crippen molar-refractivity contribution in [3.63, 3.8) is 0 Å². The van der Waals surface area contributed by atoms with Gasteiger partial charge in [0.1, 0.15) is 29.2 Å². The van der Waals surface area contributed by atoms with Gasteiger partial charge in [-0.1, -0.05) is 36.4 Å². The summed E-state index contributed by atoms with van der Waals surface area (Å²) < 4.78 is 6.00. The first-order valence-electron chi connectivity index (χ1n) is 7.72. The van der Waals surface area contributed by atoms with E-state index in [1.807, 2.05) is 84.9 Å². The maximum Gasteiger partial charge on any atom is 0.137 e. The maximum atomic E-state index is 9.21. The van der Waals surface area contributed by atoms with Gasteiger partial charge in [-0.3, -0.25) is 0 Å². The van der Waals surface area contributed by atoms with Gasteiger partial charge >= 0.3 is 0 Å². The summed E-state index contributed by atoms with van der Waals surface area (Å²) in [5.41, 5.74) is 2.42. The lowest BCUT2D eigenvalue weighted by atomic mass is 10.0. The highest BCUT2D eigenvalue weighted by Crippen LogP contribution is 2.29. The molecule has 0 unspecified atom stereocenters. The molecule has 0 spiro atoms. The van der Waals surface area contributed by atoms with Gasteiger partial charge in [0.05, 0.1) is 0 Å². The van der Waals surface area contributed by atoms with Crippen LogP contribution in [0.2, 0.25) is 0 Å². The van der Waals surface area contributed by atoms with E-state index in [2.05, 4.69) is 0 Å². The van der Waals surface area contributed by atoms with Crippen molar-refractivity contribution in [3.05, 3.63) is 101 Å². The Balaban J connectivity index is 2.06. The summed E-state index contributed by atoms with van der Waals surface area (Å²) in [4.78, 5) is 1.96. The van der Waals surface area contributed by atoms with Crippen molar-refractivity contribution in [1.82, 2.24) is 4.90 Å². The van der Waals surface area contributed by atoms with Gasteiger partial charge in [-0.2, -0.15) is 10.5 Å². The van der Waals surface area contributed by atoms with Crippen molar-refractivity contribution < 1.29 is 4.74 Å². The molecule has 0 amide bonds. The van der Waals surface area contributed by atoms with Crippen LogP contribution >= 0.6 is 0 Å². The van der Waals surface area contributed by atoms with Crippen LogP contribution in [0, 0.1) is 22.7 Å². The standard InChI is InChI=1S/C21H15N3O/c1-24-10-6-5-9-19(24)13-20-11-17(18(14-22)15-23)12-21(25-20)16-7-3-2-4-8-16/h2-13H,1H3/b19-13+. The van der Waals surface area contributed by atoms with E-state index in [-0.39, 0.29) is 5.57 Å². The lowest BCUT2D eigenvalue weighted by Gasteiger charge is -2.21. The maximum absolute atomic E-state index is 9.21. The number of benzene rings is 1. The molecular weight excluding hydrogens is 310 g/mol. The summed E-state index contributed by atoms with van der Waals surface area (Å²) in [6.07, 6.45) is 13.1. The number of hydrogen-bond donors (Lipinski definition) is 0. The second-order valence-electron chi connectivity index (χ2n) is 5.46. The minimum absolute atomic E-state index is 0.0556. The molecule has 4 nitrogen and oxygen atoms in total. The van der Waals surface area contributed by atoms with Crippen molar-refractivity contribution in [2.45, 2.75) is 0 Å². The predicted octanol–water partition coefficient (Wildman–Crippen LogP) is 4.18. The lowest BCUT2D eigenvalue weighted by molar-refractivity contribution is 0.393. The summed E-state index contributed by atoms with van der Waals surface area (Å²) >= 11 is 0. The molecule has 0 N–H and O–H groups in total. The van der Waals surface area contributed by atoms with Gasteiger partial charge in [0.15, 0.2) is 0 Å². The average Bonchev–Trinajstić information content (AvgIpc) is 2.65. The number of likely N-dealkylation sites (N-methyl/N-ethyl adjacent to an activating group) is 1. The van der Waals surface area contributed by atoms with Crippen molar-refractivity contribution in [2.24, 2.45) is 0 Å². The summed E-state index contributed by atoms with van der Waals surface area (Å²) in [5, 5.41) is 18.4. The van der Waals surface area contributed by atoms with E-state index < -0.39 is 0 Å². The zero-order valence-corrected chi connectivity index (χ0v) is 13.7. The van der Waals surface area contributed by atoms with Crippen LogP contribution in [0.3, 0.4) is 0 Å². The third-order valence-electron chi connectivity index (χ3n) is 3.77. The van der Waals surface area contributed by atoms with Crippen LogP contribution in [-0.2, 0) is 4.74 Å². The molecule has 0 atom stereocenters. The van der Waals surface area contributed by atoms with Crippen LogP contribution in [-0.4, -0.2) is 11.9 Å². The Morgan fingerprint density at radius 1 is 1.08 bits per heavy atom. The Hall–Kier alpha value is -3.76. The molecule has 25 heavy (non-hydrogen) atoms. The molecule has 2 aliphatic heterocycles. The zero-order valence-electron chi connectivity index (χ0n) is 13.7. The highest BCUT2D eigenvalue weighted by atomic mass is 16.5. The monoisotopic (exact) mass is 325 g/mol. The normalized spacial score (nSPS) is 17.3. The van der Waals surface area contributed by atoms with E-state index in [0.29, 0.717) is 17.1 Å². The van der Waals surface area contributed by atoms with Crippen LogP contribution in [0.5, 0.6) is 0 Å². The largest absolute Gasteiger partial charge is 0.457 e. The molecule has 0 saturated carbocycles. The van der Waals surface area contributed by atoms with Crippen LogP contribution in [0.25, 0.3) is 5.76 Å². The van der Waals surface area contributed by atoms with Crippen LogP contribution < -0.4 is 0 Å². The molecule has 0 bridgehead atoms. The fraction of sp³-hybridized carbons (Fsp3) is 0.0476. The number of rotatable bonds is 2. The number of nitriles is 2. The van der Waals surface area contributed by atoms with Gasteiger partial charge in [0, 0.05) is 36.2 Å². The third kappa shape index (κ3) is 3.60. The van der Waals surface area contributed by atoms with Gasteiger partial charge in [-0.25, -0.2) is 0 Å². The van der Waals surface area contributed by atoms with Crippen LogP contribution in [0.15, 0.2) is 95.6 Å². The Labute approximate surface area is 146 Å². The smallest absolute Gasteiger partial charge is 0.137 e. The number of nitrogens with zero attached hydrogens (tertiary/aromatic N) is 3. The van der Waals surface area contributed by atoms with E-state index >= 15 is 0 Å². The SMILES string of the molecule is CN1C=CC=C/C1=C\C1=CC(=C(C#N)C#N)C=C(c2ccccc2)O1. The minimum Gasteiger partial charge on any atom is -0.457 e. The van der Waals surface area contributed by atoms with E-state index in [1.54, 1.807) is 12.2 Å². The fourth-order valence-electron chi connectivity index (χ4n) is 2.47. The quantitative estimate of drug-likeness (QED) is 0.765. The van der Waals surface area contributed by atoms with E-state index in [1.165, 1.54) is 0 Å². The molecule has 0 fully saturated rings. The Morgan fingerprint density at radius 3 is 2.52 bits per heavy atom. The molecule has 0 radical (unpaired) electrons. The Morgan fingerprint density at radius 2 is 1.84 bits per heavy atom. The van der Waals surface area contributed by atoms with Crippen molar-refractivity contribution in [3.8, 4) is 12.1 Å². The minimum atomic E-state index is 0.0556. The van der Waals surface area contributed by atoms with Gasteiger partial charge in [-0.15, -0.1) is 0 Å². The van der Waals surface area contributed by atoms with E-state index in [0.717, 1.165) is 11.3 Å². The Kier molecular flexibility index (Phi) is 4.65. The topological polar surface area (TPSA) is 60.0 Å². The van der Waals surface area contributed by atoms with Gasteiger partial charge in [-0.05, 0) is 24.3 Å². The zero-order chi connectivity index (χ0) is 17.6. The first-order chi connectivity index (χ1) is 12.2. The summed E-state index contributed by atoms with van der Waals surface area (Å²) in [5.74, 6) is 1.17. The van der Waals surface area contributed by atoms with Crippen molar-refractivity contribution in [2.75, 3.05) is 7.05 Å². The molecule has 1 aromatic carbocycles. The number of hydrogen-bond acceptors (Lipinski definition) is 4. The highest BCUT2D eigenvalue weighted by Gasteiger charge is 2.16. The molecular formula is C21H15N3O. The number of allylic oxidation sites excluding steroid dienone is 8. The second kappa shape index (κ2) is 7.21. The van der Waals surface area contributed by atoms with Crippen molar-refractivity contribution >= 4 is 5.76 Å². The van der Waals surface area contributed by atoms with E-state index in [4.69, 9.17) is 4.74 Å². The molecule has 2 heterocycles. The molecule has 3 rings (SSSR count). The molecule has 1 aromatic rings. The summed E-state index contributed by atoms with van der Waals surface area (Å²) in [6.45, 7) is 0. The van der Waals surface area contributed by atoms with Crippen LogP contribution in [0.4, 0.5) is 0 Å². The average molecular weight is 325 g/mol. The Bertz CT molecular complexity index is 929. The highest BCUT2D eigenvalue weighted by molar-refractivity contribution is 5.70. The molecule has 2 aliphatic rings. The van der Waals surface area contributed by atoms with Crippen LogP contribution in [0.1, 0.15) is 5.56 Å². The van der Waals surface area contributed by atoms with E-state index in [9.17, 15) is 10.5 Å². The molecule has 0 aliphatic carbocycles. The predicted molar refractivity (Wildman–Crippen MR) is 96.0 cm³/mol. The lowest BCUT2D eigenvalue weighted by Crippen LogP contribution is -2.11. The van der Waals surface area contributed by atoms with Crippen molar-refractivity contribution in [1.29, 1.82) is 10.5 Å². The third-order valence-corrected chi connectivity index (χ3v) is 3.77. The van der Waals surface area contributed by atoms with Gasteiger partial charge in [0.25, 0.3) is 0 Å². The first-order valence-corrected chi connectivity index (χ1v) is 7.72. The number of ether oxygens (including phenoxy) is 1. The fourth-order valence-corrected chi connectivity index (χ4v) is 2.47. The molecule has 4 heteroatoms. The first kappa shape index (κ1) is 16.1.